The molecule has 0 spiro atoms. The predicted octanol–water partition coefficient (Wildman–Crippen LogP) is 4.34. The van der Waals surface area contributed by atoms with Gasteiger partial charge in [-0.05, 0) is 30.9 Å². The first kappa shape index (κ1) is 11.0. The molecule has 1 aliphatic carbocycles. The number of hydrogen-bond acceptors (Lipinski definition) is 1. The lowest BCUT2D eigenvalue weighted by molar-refractivity contribution is 0.309. The molecule has 1 aromatic carbocycles. The number of halogens is 3. The third-order valence-corrected chi connectivity index (χ3v) is 3.33. The van der Waals surface area contributed by atoms with Gasteiger partial charge in [-0.15, -0.1) is 0 Å². The molecule has 0 amide bonds. The molecule has 15 heavy (non-hydrogen) atoms. The maximum absolute atomic E-state index is 12.9. The standard InChI is InChI=1S/C11H12Cl2FN/c1-6-2-8(3-6)15-11-9(12)4-7(14)5-10(11)13/h4-6,8,15H,2-3H2,1H3. The normalized spacial score (nSPS) is 24.8. The summed E-state index contributed by atoms with van der Waals surface area (Å²) >= 11 is 11.8. The van der Waals surface area contributed by atoms with Crippen molar-refractivity contribution in [2.24, 2.45) is 5.92 Å². The van der Waals surface area contributed by atoms with Crippen LogP contribution in [0.4, 0.5) is 10.1 Å². The maximum atomic E-state index is 12.9. The van der Waals surface area contributed by atoms with Crippen molar-refractivity contribution in [3.05, 3.63) is 28.0 Å². The van der Waals surface area contributed by atoms with Crippen LogP contribution in [0.2, 0.25) is 10.0 Å². The lowest BCUT2D eigenvalue weighted by Crippen LogP contribution is -2.33. The van der Waals surface area contributed by atoms with E-state index in [2.05, 4.69) is 12.2 Å². The number of rotatable bonds is 2. The van der Waals surface area contributed by atoms with Crippen LogP contribution in [-0.4, -0.2) is 6.04 Å². The molecule has 0 radical (unpaired) electrons. The molecule has 2 rings (SSSR count). The van der Waals surface area contributed by atoms with E-state index in [9.17, 15) is 4.39 Å². The lowest BCUT2D eigenvalue weighted by atomic mass is 9.82. The fourth-order valence-corrected chi connectivity index (χ4v) is 2.47. The van der Waals surface area contributed by atoms with Gasteiger partial charge in [0.1, 0.15) is 5.82 Å². The Balaban J connectivity index is 2.14. The van der Waals surface area contributed by atoms with Gasteiger partial charge in [-0.3, -0.25) is 0 Å². The van der Waals surface area contributed by atoms with Crippen molar-refractivity contribution in [2.75, 3.05) is 5.32 Å². The van der Waals surface area contributed by atoms with Gasteiger partial charge < -0.3 is 5.32 Å². The summed E-state index contributed by atoms with van der Waals surface area (Å²) in [5.41, 5.74) is 0.650. The van der Waals surface area contributed by atoms with E-state index in [4.69, 9.17) is 23.2 Å². The SMILES string of the molecule is CC1CC(Nc2c(Cl)cc(F)cc2Cl)C1. The molecular weight excluding hydrogens is 236 g/mol. The first-order chi connectivity index (χ1) is 7.06. The largest absolute Gasteiger partial charge is 0.380 e. The fourth-order valence-electron chi connectivity index (χ4n) is 1.90. The minimum absolute atomic E-state index is 0.347. The van der Waals surface area contributed by atoms with Gasteiger partial charge in [-0.1, -0.05) is 30.1 Å². The summed E-state index contributed by atoms with van der Waals surface area (Å²) in [5, 5.41) is 3.94. The highest BCUT2D eigenvalue weighted by Crippen LogP contribution is 2.36. The highest BCUT2D eigenvalue weighted by atomic mass is 35.5. The molecule has 0 saturated heterocycles. The second-order valence-corrected chi connectivity index (χ2v) is 4.98. The van der Waals surface area contributed by atoms with E-state index in [1.54, 1.807) is 0 Å². The number of benzene rings is 1. The molecule has 1 aliphatic rings. The van der Waals surface area contributed by atoms with Crippen molar-refractivity contribution in [1.82, 2.24) is 0 Å². The van der Waals surface area contributed by atoms with Gasteiger partial charge in [0.25, 0.3) is 0 Å². The zero-order valence-electron chi connectivity index (χ0n) is 8.36. The van der Waals surface area contributed by atoms with Crippen LogP contribution in [0.5, 0.6) is 0 Å². The van der Waals surface area contributed by atoms with Gasteiger partial charge in [0, 0.05) is 6.04 Å². The number of nitrogens with one attached hydrogen (secondary N) is 1. The molecule has 1 fully saturated rings. The van der Waals surface area contributed by atoms with Gasteiger partial charge in [0.2, 0.25) is 0 Å². The van der Waals surface area contributed by atoms with Crippen molar-refractivity contribution in [3.8, 4) is 0 Å². The Morgan fingerprint density at radius 3 is 2.27 bits per heavy atom. The Morgan fingerprint density at radius 2 is 1.80 bits per heavy atom. The van der Waals surface area contributed by atoms with Crippen molar-refractivity contribution in [1.29, 1.82) is 0 Å². The molecule has 1 nitrogen and oxygen atoms in total. The second-order valence-electron chi connectivity index (χ2n) is 4.16. The van der Waals surface area contributed by atoms with Crippen LogP contribution < -0.4 is 5.32 Å². The summed E-state index contributed by atoms with van der Waals surface area (Å²) < 4.78 is 12.9. The Kier molecular flexibility index (Phi) is 3.08. The van der Waals surface area contributed by atoms with Crippen LogP contribution >= 0.6 is 23.2 Å². The summed E-state index contributed by atoms with van der Waals surface area (Å²) in [5.74, 6) is 0.345. The molecule has 1 N–H and O–H groups in total. The van der Waals surface area contributed by atoms with Crippen molar-refractivity contribution >= 4 is 28.9 Å². The van der Waals surface area contributed by atoms with Gasteiger partial charge in [-0.25, -0.2) is 4.39 Å². The lowest BCUT2D eigenvalue weighted by Gasteiger charge is -2.34. The van der Waals surface area contributed by atoms with Crippen LogP contribution in [0.15, 0.2) is 12.1 Å². The molecule has 1 saturated carbocycles. The van der Waals surface area contributed by atoms with Crippen molar-refractivity contribution in [2.45, 2.75) is 25.8 Å². The topological polar surface area (TPSA) is 12.0 Å². The minimum atomic E-state index is -0.405. The monoisotopic (exact) mass is 247 g/mol. The van der Waals surface area contributed by atoms with Gasteiger partial charge >= 0.3 is 0 Å². The Hall–Kier alpha value is -0.470. The summed E-state index contributed by atoms with van der Waals surface area (Å²) in [6.07, 6.45) is 2.23. The summed E-state index contributed by atoms with van der Waals surface area (Å²) in [6.45, 7) is 2.20. The van der Waals surface area contributed by atoms with E-state index in [0.29, 0.717) is 21.8 Å². The second kappa shape index (κ2) is 4.18. The summed E-state index contributed by atoms with van der Waals surface area (Å²) in [4.78, 5) is 0. The molecule has 1 aromatic rings. The molecular formula is C11H12Cl2FN. The Labute approximate surface area is 98.6 Å². The van der Waals surface area contributed by atoms with E-state index in [1.165, 1.54) is 12.1 Å². The third kappa shape index (κ3) is 2.37. The average Bonchev–Trinajstić information content (AvgIpc) is 2.07. The Bertz CT molecular complexity index is 352. The summed E-state index contributed by atoms with van der Waals surface area (Å²) in [7, 11) is 0. The van der Waals surface area contributed by atoms with Crippen LogP contribution in [0, 0.1) is 11.7 Å². The Morgan fingerprint density at radius 1 is 1.27 bits per heavy atom. The quantitative estimate of drug-likeness (QED) is 0.820. The van der Waals surface area contributed by atoms with E-state index < -0.39 is 5.82 Å². The summed E-state index contributed by atoms with van der Waals surface area (Å²) in [6, 6.07) is 2.97. The van der Waals surface area contributed by atoms with Crippen LogP contribution in [-0.2, 0) is 0 Å². The first-order valence-electron chi connectivity index (χ1n) is 4.97. The zero-order chi connectivity index (χ0) is 11.0. The van der Waals surface area contributed by atoms with Crippen LogP contribution in [0.3, 0.4) is 0 Å². The van der Waals surface area contributed by atoms with Gasteiger partial charge in [0.05, 0.1) is 15.7 Å². The molecule has 0 heterocycles. The van der Waals surface area contributed by atoms with Crippen molar-refractivity contribution < 1.29 is 4.39 Å². The molecule has 0 bridgehead atoms. The van der Waals surface area contributed by atoms with E-state index in [0.717, 1.165) is 18.8 Å². The predicted molar refractivity (Wildman–Crippen MR) is 62.2 cm³/mol. The maximum Gasteiger partial charge on any atom is 0.126 e. The van der Waals surface area contributed by atoms with E-state index in [1.807, 2.05) is 0 Å². The molecule has 0 aliphatic heterocycles. The molecule has 82 valence electrons. The zero-order valence-corrected chi connectivity index (χ0v) is 9.87. The highest BCUT2D eigenvalue weighted by molar-refractivity contribution is 6.39. The minimum Gasteiger partial charge on any atom is -0.380 e. The van der Waals surface area contributed by atoms with Crippen molar-refractivity contribution in [3.63, 3.8) is 0 Å². The van der Waals surface area contributed by atoms with E-state index in [-0.39, 0.29) is 0 Å². The third-order valence-electron chi connectivity index (χ3n) is 2.73. The number of hydrogen-bond donors (Lipinski definition) is 1. The fraction of sp³-hybridized carbons (Fsp3) is 0.455. The van der Waals surface area contributed by atoms with Crippen LogP contribution in [0.25, 0.3) is 0 Å². The molecule has 0 unspecified atom stereocenters. The first-order valence-corrected chi connectivity index (χ1v) is 5.73. The highest BCUT2D eigenvalue weighted by Gasteiger charge is 2.26. The molecule has 4 heteroatoms. The van der Waals surface area contributed by atoms with E-state index >= 15 is 0 Å². The molecule has 0 aromatic heterocycles. The van der Waals surface area contributed by atoms with Gasteiger partial charge in [-0.2, -0.15) is 0 Å². The number of anilines is 1. The smallest absolute Gasteiger partial charge is 0.126 e. The van der Waals surface area contributed by atoms with Crippen LogP contribution in [0.1, 0.15) is 19.8 Å². The van der Waals surface area contributed by atoms with Gasteiger partial charge in [0.15, 0.2) is 0 Å². The molecule has 0 atom stereocenters. The average molecular weight is 248 g/mol.